The number of hydrogen-bond acceptors (Lipinski definition) is 48. The lowest BCUT2D eigenvalue weighted by Gasteiger charge is -2.51. The highest BCUT2D eigenvalue weighted by Crippen LogP contribution is 2.41. The Labute approximate surface area is 666 Å². The Kier molecular flexibility index (Phi) is 34.7. The number of nitrogens with one attached hydrogen (secondary N) is 4. The summed E-state index contributed by atoms with van der Waals surface area (Å²) in [6.45, 7) is -6.58. The molecular formula is C65H108N4O49. The Morgan fingerprint density at radius 2 is 0.695 bits per heavy atom. The van der Waals surface area contributed by atoms with Crippen LogP contribution < -0.4 is 21.3 Å². The summed E-state index contributed by atoms with van der Waals surface area (Å²) < 4.78 is 100. The van der Waals surface area contributed by atoms with Gasteiger partial charge in [-0.15, -0.1) is 0 Å². The van der Waals surface area contributed by atoms with Crippen LogP contribution >= 0.6 is 0 Å². The highest BCUT2D eigenvalue weighted by molar-refractivity contribution is 5.76. The topological polar surface area (TPSA) is 837 Å². The summed E-state index contributed by atoms with van der Waals surface area (Å²) in [5, 5.41) is 308. The fourth-order valence-electron chi connectivity index (χ4n) is 15.0. The molecule has 53 heteroatoms. The van der Waals surface area contributed by atoms with E-state index < -0.39 is 377 Å². The lowest BCUT2D eigenvalue weighted by atomic mass is 9.90. The summed E-state index contributed by atoms with van der Waals surface area (Å²) >= 11 is 0. The minimum atomic E-state index is -3.09. The Morgan fingerprint density at radius 1 is 0.347 bits per heavy atom. The molecule has 9 saturated heterocycles. The second-order valence-corrected chi connectivity index (χ2v) is 29.6. The van der Waals surface area contributed by atoms with Crippen LogP contribution in [-0.4, -0.2) is 509 Å². The molecule has 9 heterocycles. The van der Waals surface area contributed by atoms with Gasteiger partial charge in [0.1, 0.15) is 219 Å². The minimum absolute atomic E-state index is 0.796. The van der Waals surface area contributed by atoms with Crippen LogP contribution in [0.4, 0.5) is 0 Å². The van der Waals surface area contributed by atoms with Gasteiger partial charge in [-0.1, -0.05) is 0 Å². The van der Waals surface area contributed by atoms with Gasteiger partial charge in [0, 0.05) is 34.1 Å². The van der Waals surface area contributed by atoms with Gasteiger partial charge in [0.05, 0.1) is 65.6 Å². The molecule has 4 amide bonds. The third-order valence-electron chi connectivity index (χ3n) is 21.3. The Balaban J connectivity index is 1.03. The quantitative estimate of drug-likeness (QED) is 0.0297. The molecule has 9 aliphatic rings. The largest absolute Gasteiger partial charge is 0.477 e. The lowest BCUT2D eigenvalue weighted by molar-refractivity contribution is -0.399. The molecule has 46 atom stereocenters. The van der Waals surface area contributed by atoms with Crippen molar-refractivity contribution >= 4 is 29.6 Å². The van der Waals surface area contributed by atoms with Gasteiger partial charge in [-0.25, -0.2) is 4.79 Å². The Bertz CT molecular complexity index is 3210. The van der Waals surface area contributed by atoms with Gasteiger partial charge in [0.2, 0.25) is 23.6 Å². The van der Waals surface area contributed by atoms with E-state index in [0.717, 1.165) is 27.7 Å². The van der Waals surface area contributed by atoms with Crippen molar-refractivity contribution in [2.75, 3.05) is 59.5 Å². The predicted octanol–water partition coefficient (Wildman–Crippen LogP) is -20.8. The van der Waals surface area contributed by atoms with Crippen LogP contribution in [0.15, 0.2) is 0 Å². The third-order valence-corrected chi connectivity index (χ3v) is 21.3. The van der Waals surface area contributed by atoms with E-state index in [1.807, 2.05) is 0 Å². The number of carboxylic acids is 1. The molecular weight excluding hydrogens is 1620 g/mol. The molecule has 682 valence electrons. The number of aliphatic hydroxyl groups excluding tert-OH is 26. The number of rotatable bonds is 32. The van der Waals surface area contributed by atoms with E-state index >= 15 is 0 Å². The molecule has 0 unspecified atom stereocenters. The van der Waals surface area contributed by atoms with Gasteiger partial charge >= 0.3 is 5.97 Å². The molecule has 9 aliphatic heterocycles. The van der Waals surface area contributed by atoms with Crippen molar-refractivity contribution in [3.05, 3.63) is 0 Å². The van der Waals surface area contributed by atoms with Crippen LogP contribution in [0.2, 0.25) is 0 Å². The number of aliphatic hydroxyl groups is 26. The number of ether oxygens (including phenoxy) is 17. The SMILES string of the molecule is CC(=O)N[C@@H]1[C@@H](O)[C@H](O[C@@H]2O[C@H](CO)[C@@H](O[C@@H]3O[C@H](CO[C@H]4O[C@H](CO)[C@@H](O)[C@H](O)[C@@H]4O[C@@H]4O[C@H](CO)[C@@H](O)[C@H](O)[C@H]4NC(C)=O)[C@@H](O)[C@H](O[C@H]4O[C@H](CO)[C@@H](O)[C@H](O)[C@@H]4O[C@@H]4O[C@H](CO)[C@@H](O[C@@H]5O[C@H](CO[C@]6(C(=O)O)C[C@H](O)[C@@H](O)[C@H]([C@H](O)[C@H](O)CO)O6)[C@H](O)[C@H](O)[C@H]5O)[C@H](O)[C@H]4NC(C)=O)[C@@H]3O)[C@H](O)[C@H]2NC(C)=O)[C@@H](CO)O[C@H]1O. The van der Waals surface area contributed by atoms with Gasteiger partial charge in [0.25, 0.3) is 5.79 Å². The number of carboxylic acid groups (broad SMARTS) is 1. The van der Waals surface area contributed by atoms with Crippen molar-refractivity contribution in [3.8, 4) is 0 Å². The first-order valence-electron chi connectivity index (χ1n) is 37.3. The molecule has 0 spiro atoms. The molecule has 0 bridgehead atoms. The van der Waals surface area contributed by atoms with Gasteiger partial charge in [-0.3, -0.25) is 19.2 Å². The fourth-order valence-corrected chi connectivity index (χ4v) is 15.0. The van der Waals surface area contributed by atoms with Gasteiger partial charge in [0.15, 0.2) is 50.3 Å². The molecule has 0 aromatic heterocycles. The van der Waals surface area contributed by atoms with E-state index in [9.17, 15) is 162 Å². The zero-order valence-corrected chi connectivity index (χ0v) is 63.1. The fraction of sp³-hybridized carbons (Fsp3) is 0.923. The van der Waals surface area contributed by atoms with E-state index in [2.05, 4.69) is 21.3 Å². The van der Waals surface area contributed by atoms with Gasteiger partial charge < -0.3 is 240 Å². The maximum absolute atomic E-state index is 13.1. The van der Waals surface area contributed by atoms with Crippen molar-refractivity contribution in [1.82, 2.24) is 21.3 Å². The standard InChI is InChI=1S/C65H108N4O49/c1-15(77)66-29-41(91)49(24(10-74)104-56(29)99)112-58-31(68-17(3)79)42(92)51(26(12-76)108-58)114-61-48(98)52(39(89)27(110-61)13-102-62-54(45(95)36(86)22(8-72)106-62)116-57-30(67-16(2)78)40(90)35(85)21(7-71)105-57)115-63-55(46(96)37(87)23(9-73)107-63)117-59-32(69-18(4)80)43(93)50(25(11-75)109-59)113-60-47(97)44(94)38(88)28(111-60)14-103-65(64(100)101)5-19(81)33(83)53(118-65)34(84)20(82)6-70/h19-63,70-76,81-99H,5-14H2,1-4H3,(H,66,77)(H,67,78)(H,68,79)(H,69,80)(H,100,101)/t19-,20+,21+,22+,23+,24+,25+,26+,27+,28+,29+,30+,31+,32+,33+,34+,35+,36+,37+,38-,39+,40+,41+,42+,43+,44-,45-,46-,47+,48-,49+,50+,51+,52-,53+,54-,55-,56+,57-,58-,59-,60-,61-,62-,63+,65+/m0/s1. The summed E-state index contributed by atoms with van der Waals surface area (Å²) in [5.41, 5.74) is 0. The van der Waals surface area contributed by atoms with E-state index in [0.29, 0.717) is 0 Å². The van der Waals surface area contributed by atoms with Crippen LogP contribution in [0, 0.1) is 0 Å². The number of amides is 4. The van der Waals surface area contributed by atoms with Crippen molar-refractivity contribution in [1.29, 1.82) is 0 Å². The molecule has 0 radical (unpaired) electrons. The second-order valence-electron chi connectivity index (χ2n) is 29.6. The predicted molar refractivity (Wildman–Crippen MR) is 361 cm³/mol. The Hall–Kier alpha value is -4.37. The van der Waals surface area contributed by atoms with E-state index in [1.54, 1.807) is 0 Å². The summed E-state index contributed by atoms with van der Waals surface area (Å²) in [6.07, 6.45) is -89.6. The normalized spacial score (nSPS) is 47.6. The first kappa shape index (κ1) is 97.4. The van der Waals surface area contributed by atoms with Crippen LogP contribution in [0.25, 0.3) is 0 Å². The van der Waals surface area contributed by atoms with Crippen molar-refractivity contribution in [3.63, 3.8) is 0 Å². The highest BCUT2D eigenvalue weighted by Gasteiger charge is 2.62. The maximum atomic E-state index is 13.1. The van der Waals surface area contributed by atoms with Crippen molar-refractivity contribution < 1.29 is 242 Å². The molecule has 31 N–H and O–H groups in total. The third kappa shape index (κ3) is 21.4. The first-order valence-corrected chi connectivity index (χ1v) is 37.3. The summed E-state index contributed by atoms with van der Waals surface area (Å²) in [5.74, 6) is -8.79. The molecule has 0 aliphatic carbocycles. The van der Waals surface area contributed by atoms with Crippen LogP contribution in [-0.2, 0) is 104 Å². The molecule has 9 rings (SSSR count). The molecule has 0 aromatic rings. The van der Waals surface area contributed by atoms with Crippen LogP contribution in [0.3, 0.4) is 0 Å². The van der Waals surface area contributed by atoms with Gasteiger partial charge in [-0.05, 0) is 0 Å². The number of carbonyl (C=O) groups is 5. The first-order chi connectivity index (χ1) is 55.6. The summed E-state index contributed by atoms with van der Waals surface area (Å²) in [4.78, 5) is 63.5. The number of aliphatic carboxylic acids is 1. The second kappa shape index (κ2) is 42.1. The average Bonchev–Trinajstić information content (AvgIpc) is 0.766. The molecule has 0 aromatic carbocycles. The smallest absolute Gasteiger partial charge is 0.364 e. The summed E-state index contributed by atoms with van der Waals surface area (Å²) in [6, 6.07) is -7.44. The maximum Gasteiger partial charge on any atom is 0.364 e. The Morgan fingerprint density at radius 3 is 1.14 bits per heavy atom. The monoisotopic (exact) mass is 1730 g/mol. The summed E-state index contributed by atoms with van der Waals surface area (Å²) in [7, 11) is 0. The van der Waals surface area contributed by atoms with E-state index in [1.165, 1.54) is 0 Å². The van der Waals surface area contributed by atoms with Crippen molar-refractivity contribution in [2.24, 2.45) is 0 Å². The number of hydrogen-bond donors (Lipinski definition) is 31. The highest BCUT2D eigenvalue weighted by atomic mass is 16.8. The van der Waals surface area contributed by atoms with Gasteiger partial charge in [-0.2, -0.15) is 0 Å². The molecule has 118 heavy (non-hydrogen) atoms. The minimum Gasteiger partial charge on any atom is -0.477 e. The average molecular weight is 1730 g/mol. The van der Waals surface area contributed by atoms with E-state index in [4.69, 9.17) is 80.5 Å². The molecule has 9 fully saturated rings. The molecule has 0 saturated carbocycles. The van der Waals surface area contributed by atoms with Crippen LogP contribution in [0.1, 0.15) is 34.1 Å². The van der Waals surface area contributed by atoms with Crippen molar-refractivity contribution in [2.45, 2.75) is 316 Å². The lowest BCUT2D eigenvalue weighted by Crippen LogP contribution is -2.71. The zero-order valence-electron chi connectivity index (χ0n) is 63.1. The van der Waals surface area contributed by atoms with Crippen LogP contribution in [0.5, 0.6) is 0 Å². The molecule has 53 nitrogen and oxygen atoms in total. The number of carbonyl (C=O) groups excluding carboxylic acids is 4. The van der Waals surface area contributed by atoms with E-state index in [-0.39, 0.29) is 0 Å². The zero-order chi connectivity index (χ0) is 87.3.